The molecule has 0 radical (unpaired) electrons. The molecule has 2 amide bonds. The fourth-order valence-corrected chi connectivity index (χ4v) is 3.87. The molecule has 0 bridgehead atoms. The molecule has 36 heavy (non-hydrogen) atoms. The Hall–Kier alpha value is -5.02. The Bertz CT molecular complexity index is 1510. The lowest BCUT2D eigenvalue weighted by Crippen LogP contribution is -2.13. The maximum atomic E-state index is 12.6. The Morgan fingerprint density at radius 1 is 1.00 bits per heavy atom. The first-order valence-corrected chi connectivity index (χ1v) is 11.6. The molecule has 12 heteroatoms. The van der Waals surface area contributed by atoms with Gasteiger partial charge < -0.3 is 14.8 Å². The number of nitrogens with zero attached hydrogens (tertiary/aromatic N) is 2. The number of benzene rings is 3. The minimum absolute atomic E-state index is 0.0638. The number of carbonyl (C=O) groups is 2. The van der Waals surface area contributed by atoms with Crippen LogP contribution in [-0.4, -0.2) is 25.2 Å². The third kappa shape index (κ3) is 6.75. The van der Waals surface area contributed by atoms with E-state index in [0.29, 0.717) is 11.3 Å². The molecule has 2 N–H and O–H groups in total. The van der Waals surface area contributed by atoms with Gasteiger partial charge in [-0.2, -0.15) is 13.7 Å². The van der Waals surface area contributed by atoms with Crippen molar-refractivity contribution in [2.24, 2.45) is 0 Å². The number of hydrogen-bond donors (Lipinski definition) is 2. The maximum Gasteiger partial charge on any atom is 0.339 e. The largest absolute Gasteiger partial charge is 0.379 e. The second kappa shape index (κ2) is 10.9. The number of carbonyl (C=O) groups excluding carboxylic acids is 2. The average Bonchev–Trinajstić information content (AvgIpc) is 2.82. The third-order valence-corrected chi connectivity index (χ3v) is 5.78. The van der Waals surface area contributed by atoms with Gasteiger partial charge in [0.05, 0.1) is 4.92 Å². The average molecular weight is 506 g/mol. The van der Waals surface area contributed by atoms with E-state index in [2.05, 4.69) is 10.6 Å². The van der Waals surface area contributed by atoms with Crippen LogP contribution < -0.4 is 14.8 Å². The van der Waals surface area contributed by atoms with Crippen LogP contribution in [0.2, 0.25) is 0 Å². The lowest BCUT2D eigenvalue weighted by Gasteiger charge is -2.09. The fraction of sp³-hybridized carbons (Fsp3) is 0.0417. The van der Waals surface area contributed by atoms with Crippen molar-refractivity contribution in [2.75, 3.05) is 10.6 Å². The van der Waals surface area contributed by atoms with Crippen molar-refractivity contribution in [3.8, 4) is 11.8 Å². The first-order chi connectivity index (χ1) is 17.1. The summed E-state index contributed by atoms with van der Waals surface area (Å²) in [7, 11) is -4.21. The van der Waals surface area contributed by atoms with Gasteiger partial charge >= 0.3 is 10.1 Å². The lowest BCUT2D eigenvalue weighted by atomic mass is 10.1. The molecule has 0 aromatic heterocycles. The van der Waals surface area contributed by atoms with Gasteiger partial charge in [-0.05, 0) is 54.1 Å². The van der Waals surface area contributed by atoms with Gasteiger partial charge in [0.1, 0.15) is 22.3 Å². The number of nitriles is 1. The molecule has 0 saturated heterocycles. The van der Waals surface area contributed by atoms with Crippen LogP contribution in [0.4, 0.5) is 17.1 Å². The minimum Gasteiger partial charge on any atom is -0.379 e. The van der Waals surface area contributed by atoms with E-state index < -0.39 is 20.9 Å². The zero-order valence-corrected chi connectivity index (χ0v) is 19.5. The summed E-state index contributed by atoms with van der Waals surface area (Å²) < 4.78 is 30.4. The minimum atomic E-state index is -4.21. The third-order valence-electron chi connectivity index (χ3n) is 4.52. The molecule has 0 saturated carbocycles. The Labute approximate surface area is 205 Å². The number of nitro benzene ring substituents is 1. The summed E-state index contributed by atoms with van der Waals surface area (Å²) in [5.74, 6) is -1.18. The van der Waals surface area contributed by atoms with Crippen LogP contribution in [0, 0.1) is 21.4 Å². The normalized spacial score (nSPS) is 11.2. The van der Waals surface area contributed by atoms with Crippen molar-refractivity contribution in [3.63, 3.8) is 0 Å². The van der Waals surface area contributed by atoms with E-state index in [1.54, 1.807) is 6.07 Å². The van der Waals surface area contributed by atoms with Crippen molar-refractivity contribution >= 4 is 45.1 Å². The quantitative estimate of drug-likeness (QED) is 0.153. The monoisotopic (exact) mass is 506 g/mol. The molecular formula is C24H18N4O7S. The van der Waals surface area contributed by atoms with Gasteiger partial charge in [-0.25, -0.2) is 0 Å². The summed E-state index contributed by atoms with van der Waals surface area (Å²) in [5, 5.41) is 25.3. The standard InChI is InChI=1S/C24H18N4O7S/c1-16(29)26-19-8-10-23(11-9-19)36(33,34)35-22-7-2-4-17(13-22)12-18(15-25)24(30)27-20-5-3-6-21(14-20)28(31)32/h2-14H,1H3,(H,26,29)(H,27,30)/b18-12+. The molecule has 0 atom stereocenters. The number of anilines is 2. The highest BCUT2D eigenvalue weighted by Crippen LogP contribution is 2.23. The SMILES string of the molecule is CC(=O)Nc1ccc(S(=O)(=O)Oc2cccc(/C=C(\C#N)C(=O)Nc3cccc([N+](=O)[O-])c3)c2)cc1. The van der Waals surface area contributed by atoms with Gasteiger partial charge in [0, 0.05) is 30.4 Å². The van der Waals surface area contributed by atoms with Crippen molar-refractivity contribution in [1.82, 2.24) is 0 Å². The van der Waals surface area contributed by atoms with Gasteiger partial charge in [0.2, 0.25) is 5.91 Å². The predicted molar refractivity (Wildman–Crippen MR) is 130 cm³/mol. The van der Waals surface area contributed by atoms with E-state index in [4.69, 9.17) is 4.18 Å². The van der Waals surface area contributed by atoms with Crippen LogP contribution in [0.1, 0.15) is 12.5 Å². The Balaban J connectivity index is 1.78. The van der Waals surface area contributed by atoms with Crippen LogP contribution in [0.3, 0.4) is 0 Å². The molecule has 0 fully saturated rings. The Kier molecular flexibility index (Phi) is 7.78. The molecule has 3 aromatic carbocycles. The van der Waals surface area contributed by atoms with Crippen LogP contribution in [0.5, 0.6) is 5.75 Å². The molecule has 0 aliphatic rings. The Morgan fingerprint density at radius 2 is 1.69 bits per heavy atom. The summed E-state index contributed by atoms with van der Waals surface area (Å²) >= 11 is 0. The summed E-state index contributed by atoms with van der Waals surface area (Å²) in [6.07, 6.45) is 1.22. The van der Waals surface area contributed by atoms with Crippen LogP contribution >= 0.6 is 0 Å². The number of amides is 2. The number of nitrogens with one attached hydrogen (secondary N) is 2. The van der Waals surface area contributed by atoms with Gasteiger partial charge in [-0.1, -0.05) is 18.2 Å². The number of non-ortho nitro benzene ring substituents is 1. The zero-order chi connectivity index (χ0) is 26.3. The molecule has 11 nitrogen and oxygen atoms in total. The Morgan fingerprint density at radius 3 is 2.33 bits per heavy atom. The molecule has 0 heterocycles. The molecule has 0 unspecified atom stereocenters. The molecule has 3 aromatic rings. The highest BCUT2D eigenvalue weighted by molar-refractivity contribution is 7.87. The first-order valence-electron chi connectivity index (χ1n) is 10.2. The molecule has 0 spiro atoms. The molecular weight excluding hydrogens is 488 g/mol. The number of hydrogen-bond acceptors (Lipinski definition) is 8. The second-order valence-corrected chi connectivity index (χ2v) is 8.79. The van der Waals surface area contributed by atoms with Crippen LogP contribution in [0.25, 0.3) is 6.08 Å². The van der Waals surface area contributed by atoms with Crippen molar-refractivity contribution < 1.29 is 27.1 Å². The lowest BCUT2D eigenvalue weighted by molar-refractivity contribution is -0.384. The number of rotatable bonds is 8. The smallest absolute Gasteiger partial charge is 0.339 e. The van der Waals surface area contributed by atoms with Crippen LogP contribution in [-0.2, 0) is 19.7 Å². The van der Waals surface area contributed by atoms with E-state index in [1.165, 1.54) is 79.7 Å². The van der Waals surface area contributed by atoms with Gasteiger partial charge in [-0.15, -0.1) is 0 Å². The van der Waals surface area contributed by atoms with Gasteiger partial charge in [0.15, 0.2) is 0 Å². The topological polar surface area (TPSA) is 168 Å². The maximum absolute atomic E-state index is 12.6. The summed E-state index contributed by atoms with van der Waals surface area (Å²) in [6.45, 7) is 1.32. The zero-order valence-electron chi connectivity index (χ0n) is 18.7. The van der Waals surface area contributed by atoms with E-state index in [9.17, 15) is 33.4 Å². The molecule has 0 aliphatic heterocycles. The van der Waals surface area contributed by atoms with Gasteiger partial charge in [0.25, 0.3) is 11.6 Å². The second-order valence-electron chi connectivity index (χ2n) is 7.25. The fourth-order valence-electron chi connectivity index (χ4n) is 2.95. The summed E-state index contributed by atoms with van der Waals surface area (Å²) in [5.41, 5.74) is 0.291. The van der Waals surface area contributed by atoms with E-state index in [-0.39, 0.29) is 33.5 Å². The van der Waals surface area contributed by atoms with Crippen molar-refractivity contribution in [2.45, 2.75) is 11.8 Å². The van der Waals surface area contributed by atoms with Crippen molar-refractivity contribution in [1.29, 1.82) is 5.26 Å². The highest BCUT2D eigenvalue weighted by atomic mass is 32.2. The highest BCUT2D eigenvalue weighted by Gasteiger charge is 2.17. The van der Waals surface area contributed by atoms with Crippen molar-refractivity contribution in [3.05, 3.63) is 94.0 Å². The predicted octanol–water partition coefficient (Wildman–Crippen LogP) is 3.87. The molecule has 182 valence electrons. The summed E-state index contributed by atoms with van der Waals surface area (Å²) in [4.78, 5) is 33.7. The van der Waals surface area contributed by atoms with E-state index in [1.807, 2.05) is 0 Å². The first kappa shape index (κ1) is 25.6. The van der Waals surface area contributed by atoms with E-state index in [0.717, 1.165) is 6.07 Å². The summed E-state index contributed by atoms with van der Waals surface area (Å²) in [6, 6.07) is 18.1. The van der Waals surface area contributed by atoms with E-state index >= 15 is 0 Å². The van der Waals surface area contributed by atoms with Crippen LogP contribution in [0.15, 0.2) is 83.3 Å². The number of nitro groups is 1. The van der Waals surface area contributed by atoms with Gasteiger partial charge in [-0.3, -0.25) is 19.7 Å². The molecule has 0 aliphatic carbocycles. The molecule has 3 rings (SSSR count).